The Morgan fingerprint density at radius 3 is 1.92 bits per heavy atom. The van der Waals surface area contributed by atoms with Gasteiger partial charge in [0.25, 0.3) is 0 Å². The molecule has 0 bridgehead atoms. The van der Waals surface area contributed by atoms with Gasteiger partial charge in [0.15, 0.2) is 0 Å². The molecule has 10 aromatic rings. The van der Waals surface area contributed by atoms with Crippen LogP contribution in [0, 0.1) is 24.7 Å². The van der Waals surface area contributed by atoms with Crippen LogP contribution in [-0.4, -0.2) is 13.1 Å². The molecule has 4 heterocycles. The summed E-state index contributed by atoms with van der Waals surface area (Å²) in [5, 5.41) is 4.87. The molecule has 1 atom stereocenters. The van der Waals surface area contributed by atoms with E-state index in [1.165, 1.54) is 15.6 Å². The Balaban J connectivity index is 0.00000724. The van der Waals surface area contributed by atoms with E-state index >= 15 is 0 Å². The van der Waals surface area contributed by atoms with Crippen molar-refractivity contribution in [3.8, 4) is 44.9 Å². The Morgan fingerprint density at radius 2 is 1.22 bits per heavy atom. The third kappa shape index (κ3) is 8.94. The minimum Gasteiger partial charge on any atom is -0.509 e. The molecule has 0 radical (unpaired) electrons. The van der Waals surface area contributed by atoms with E-state index in [4.69, 9.17) is 13.8 Å². The third-order valence-corrected chi connectivity index (χ3v) is 20.2. The Kier molecular flexibility index (Phi) is 11.3. The van der Waals surface area contributed by atoms with Crippen molar-refractivity contribution in [1.29, 1.82) is 0 Å². The van der Waals surface area contributed by atoms with Gasteiger partial charge in [-0.1, -0.05) is 223 Å². The summed E-state index contributed by atoms with van der Waals surface area (Å²) in [4.78, 5) is 11.3. The molecule has 9 aromatic carbocycles. The van der Waals surface area contributed by atoms with Gasteiger partial charge in [0.1, 0.15) is 13.9 Å². The maximum absolute atomic E-state index is 9.33. The topological polar surface area (TPSA) is 31.8 Å². The van der Waals surface area contributed by atoms with Crippen molar-refractivity contribution in [2.24, 2.45) is 5.92 Å². The average molecular weight is 1230 g/mol. The molecule has 0 saturated carbocycles. The van der Waals surface area contributed by atoms with E-state index < -0.39 is 32.6 Å². The van der Waals surface area contributed by atoms with Crippen molar-refractivity contribution < 1.29 is 35.4 Å². The fourth-order valence-corrected chi connectivity index (χ4v) is 17.2. The molecule has 13 rings (SSSR count). The van der Waals surface area contributed by atoms with E-state index in [9.17, 15) is 5.48 Å². The predicted molar refractivity (Wildman–Crippen MR) is 328 cm³/mol. The van der Waals surface area contributed by atoms with Gasteiger partial charge in [-0.25, -0.2) is 4.98 Å². The second-order valence-electron chi connectivity index (χ2n) is 22.8. The van der Waals surface area contributed by atoms with Crippen LogP contribution in [0.25, 0.3) is 33.4 Å². The van der Waals surface area contributed by atoms with Gasteiger partial charge >= 0.3 is 0 Å². The first kappa shape index (κ1) is 44.1. The van der Waals surface area contributed by atoms with Gasteiger partial charge in [-0.05, 0) is 92.0 Å². The Morgan fingerprint density at radius 1 is 0.595 bits per heavy atom. The normalized spacial score (nSPS) is 16.5. The minimum absolute atomic E-state index is 0. The van der Waals surface area contributed by atoms with Crippen molar-refractivity contribution in [3.05, 3.63) is 248 Å². The fraction of sp³-hybridized carbons (Fsp3) is 0.167. The first-order chi connectivity index (χ1) is 40.6. The van der Waals surface area contributed by atoms with Crippen molar-refractivity contribution in [1.82, 2.24) is 4.98 Å². The van der Waals surface area contributed by atoms with E-state index in [0.29, 0.717) is 39.8 Å². The van der Waals surface area contributed by atoms with Gasteiger partial charge in [-0.3, -0.25) is 0 Å². The van der Waals surface area contributed by atoms with Crippen LogP contribution in [0.15, 0.2) is 212 Å². The number of anilines is 7. The predicted octanol–water partition coefficient (Wildman–Crippen LogP) is 16.1. The summed E-state index contributed by atoms with van der Waals surface area (Å²) in [7, 11) is -3.05. The van der Waals surface area contributed by atoms with Crippen LogP contribution in [0.4, 0.5) is 39.9 Å². The molecule has 0 saturated heterocycles. The molecule has 394 valence electrons. The first-order valence-corrected chi connectivity index (χ1v) is 28.8. The summed E-state index contributed by atoms with van der Waals surface area (Å²) in [6, 6.07) is 65.9. The van der Waals surface area contributed by atoms with Gasteiger partial charge in [-0.2, -0.15) is 6.07 Å². The number of aromatic nitrogens is 1. The Labute approximate surface area is 492 Å². The third-order valence-electron chi connectivity index (χ3n) is 15.3. The van der Waals surface area contributed by atoms with E-state index in [1.807, 2.05) is 81.2 Å². The summed E-state index contributed by atoms with van der Waals surface area (Å²) in [6.07, 6.45) is 0.0780. The fourth-order valence-electron chi connectivity index (χ4n) is 11.8. The number of benzene rings is 9. The van der Waals surface area contributed by atoms with Crippen molar-refractivity contribution >= 4 is 68.8 Å². The van der Waals surface area contributed by atoms with E-state index in [1.54, 1.807) is 12.3 Å². The molecule has 0 spiro atoms. The number of nitrogens with zero attached hydrogens (tertiary/aromatic N) is 4. The summed E-state index contributed by atoms with van der Waals surface area (Å²) >= 11 is 0. The van der Waals surface area contributed by atoms with Crippen LogP contribution in [0.1, 0.15) is 81.7 Å². The molecule has 1 aromatic heterocycles. The molecule has 3 aliphatic heterocycles. The van der Waals surface area contributed by atoms with Gasteiger partial charge in [0.2, 0.25) is 0 Å². The van der Waals surface area contributed by atoms with Crippen LogP contribution in [-0.2, 0) is 38.3 Å². The van der Waals surface area contributed by atoms with E-state index in [0.717, 1.165) is 61.3 Å². The zero-order valence-electron chi connectivity index (χ0n) is 52.5. The molecule has 3 aliphatic rings. The number of ether oxygens (including phenoxy) is 1. The Bertz CT molecular complexity index is 4290. The quantitative estimate of drug-likeness (QED) is 0.101. The first-order valence-electron chi connectivity index (χ1n) is 30.3. The number of hydrogen-bond donors (Lipinski definition) is 0. The van der Waals surface area contributed by atoms with E-state index in [-0.39, 0.29) is 55.5 Å². The van der Waals surface area contributed by atoms with Gasteiger partial charge in [0, 0.05) is 75.4 Å². The van der Waals surface area contributed by atoms with Gasteiger partial charge in [-0.15, -0.1) is 53.4 Å². The maximum Gasteiger partial charge on any atom is 0.135 e. The van der Waals surface area contributed by atoms with Gasteiger partial charge in [0.05, 0.1) is 6.85 Å². The zero-order valence-corrected chi connectivity index (χ0v) is 48.8. The van der Waals surface area contributed by atoms with Crippen molar-refractivity contribution in [2.75, 3.05) is 14.7 Å². The van der Waals surface area contributed by atoms with Crippen LogP contribution in [0.2, 0.25) is 0 Å². The van der Waals surface area contributed by atoms with Crippen LogP contribution in [0.3, 0.4) is 0 Å². The molecule has 5 nitrogen and oxygen atoms in total. The summed E-state index contributed by atoms with van der Waals surface area (Å²) in [5.74, 6) is 1.18. The zero-order chi connectivity index (χ0) is 59.6. The number of pyridine rings is 1. The molecular weight excluding hydrogens is 1160 g/mol. The second kappa shape index (κ2) is 20.2. The van der Waals surface area contributed by atoms with Crippen LogP contribution < -0.4 is 40.2 Å². The standard InChI is InChI=1S/C72H63N4OSi.Pt/c1-48(2)39-49-37-38-73-68(40-49)76-64-34-18-20-36-67(64)78(57-27-13-10-14-28-57)66-35-19-15-29-60(66)61-45-56(46-65(76)70(61)78)77-55-26-21-25-54(44-55)74-47-75(63-33-17-16-32-62(63)74)69-58(50-23-11-9-12-24-50)30-22-31-59(69)51-41-52(71(3,4)5)43-53(42-51)72(6,7)8;/h9-38,40-43,45,47-48H,39H2,1-8H3;/q-3;/i9D,11D,12D,23D,24D,39D2;. The maximum atomic E-state index is 9.33. The molecule has 0 aliphatic carbocycles. The summed E-state index contributed by atoms with van der Waals surface area (Å²) in [5.41, 5.74) is 11.6. The molecule has 0 N–H and O–H groups in total. The van der Waals surface area contributed by atoms with Gasteiger partial charge < -0.3 is 19.4 Å². The smallest absolute Gasteiger partial charge is 0.135 e. The van der Waals surface area contributed by atoms with Crippen LogP contribution in [0.5, 0.6) is 11.5 Å². The summed E-state index contributed by atoms with van der Waals surface area (Å²) < 4.78 is 70.4. The molecule has 0 amide bonds. The number of para-hydroxylation sites is 4. The average Bonchev–Trinajstić information content (AvgIpc) is 1.45. The number of hydrogen-bond acceptors (Lipinski definition) is 5. The monoisotopic (exact) mass is 1230 g/mol. The summed E-state index contributed by atoms with van der Waals surface area (Å²) in [6.45, 7) is 19.0. The van der Waals surface area contributed by atoms with Crippen molar-refractivity contribution in [2.45, 2.75) is 72.6 Å². The largest absolute Gasteiger partial charge is 0.509 e. The molecule has 1 unspecified atom stereocenters. The number of fused-ring (bicyclic) bond motifs is 6. The molecule has 7 heteroatoms. The molecule has 0 fully saturated rings. The molecule has 79 heavy (non-hydrogen) atoms. The Hall–Kier alpha value is -7.76. The van der Waals surface area contributed by atoms with Crippen LogP contribution >= 0.6 is 0 Å². The second-order valence-corrected chi connectivity index (χ2v) is 26.5. The number of rotatable bonds is 10. The molecular formula is C72H63N4OPtSi-3. The SMILES string of the molecule is [2H]c1c([2H])c([2H])c(-c2cccc(-c3cc(C(C)(C)C)cc(C(C)(C)C)c3)c2N2[CH-]N(c3[c-]c(Oc4[c-]c5c6c(c4)-c4ccccc4[Si]6(c4ccccc4)c4ccccc4N5c4cc(C([2H])([2H])C(C)C)ccn4)ccc3)c3ccccc32)c([2H])c1[2H].[Pt]. The minimum atomic E-state index is -3.05. The van der Waals surface area contributed by atoms with Crippen molar-refractivity contribution in [3.63, 3.8) is 0 Å². The van der Waals surface area contributed by atoms with E-state index in [2.05, 4.69) is 178 Å².